The van der Waals surface area contributed by atoms with E-state index in [4.69, 9.17) is 10.7 Å². The van der Waals surface area contributed by atoms with Gasteiger partial charge in [0, 0.05) is 37.2 Å². The van der Waals surface area contributed by atoms with E-state index >= 15 is 0 Å². The Morgan fingerprint density at radius 3 is 2.62 bits per heavy atom. The summed E-state index contributed by atoms with van der Waals surface area (Å²) in [6, 6.07) is 0.601. The summed E-state index contributed by atoms with van der Waals surface area (Å²) < 4.78 is 0. The third kappa shape index (κ3) is 6.52. The van der Waals surface area contributed by atoms with Gasteiger partial charge in [0.05, 0.1) is 6.54 Å². The topological polar surface area (TPSA) is 44.9 Å². The van der Waals surface area contributed by atoms with Crippen LogP contribution in [0.15, 0.2) is 4.99 Å². The number of nitrogens with two attached hydrogens (primary N) is 1. The summed E-state index contributed by atoms with van der Waals surface area (Å²) in [5, 5.41) is 0. The van der Waals surface area contributed by atoms with E-state index in [0.29, 0.717) is 6.04 Å². The second-order valence-electron chi connectivity index (χ2n) is 6.34. The Morgan fingerprint density at radius 1 is 1.24 bits per heavy atom. The smallest absolute Gasteiger partial charge is 0.191 e. The molecule has 0 aromatic rings. The molecular weight excluding hydrogens is 395 g/mol. The van der Waals surface area contributed by atoms with Gasteiger partial charge in [-0.25, -0.2) is 0 Å². The van der Waals surface area contributed by atoms with Gasteiger partial charge >= 0.3 is 0 Å². The van der Waals surface area contributed by atoms with Crippen LogP contribution in [0, 0.1) is 5.92 Å². The first-order chi connectivity index (χ1) is 9.66. The molecule has 2 aliphatic heterocycles. The summed E-state index contributed by atoms with van der Waals surface area (Å²) in [6.07, 6.45) is 3.96. The molecule has 0 saturated carbocycles. The molecule has 21 heavy (non-hydrogen) atoms. The summed E-state index contributed by atoms with van der Waals surface area (Å²) in [7, 11) is 0. The van der Waals surface area contributed by atoms with Crippen LogP contribution < -0.4 is 5.73 Å². The number of likely N-dealkylation sites (tertiary alicyclic amines) is 1. The summed E-state index contributed by atoms with van der Waals surface area (Å²) >= 11 is 2.01. The van der Waals surface area contributed by atoms with Crippen LogP contribution in [0.2, 0.25) is 0 Å². The number of nitrogens with zero attached hydrogens (tertiary/aromatic N) is 3. The third-order valence-electron chi connectivity index (χ3n) is 4.15. The number of rotatable bonds is 4. The lowest BCUT2D eigenvalue weighted by Crippen LogP contribution is -2.46. The molecule has 0 aromatic carbocycles. The number of piperidine rings is 1. The largest absolute Gasteiger partial charge is 0.370 e. The maximum Gasteiger partial charge on any atom is 0.191 e. The molecule has 0 amide bonds. The second kappa shape index (κ2) is 10.2. The highest BCUT2D eigenvalue weighted by atomic mass is 127. The van der Waals surface area contributed by atoms with Gasteiger partial charge < -0.3 is 10.6 Å². The van der Waals surface area contributed by atoms with E-state index in [2.05, 4.69) is 23.6 Å². The maximum absolute atomic E-state index is 6.16. The summed E-state index contributed by atoms with van der Waals surface area (Å²) in [5.41, 5.74) is 6.16. The number of hydrogen-bond donors (Lipinski definition) is 1. The van der Waals surface area contributed by atoms with E-state index < -0.39 is 0 Å². The Hall–Kier alpha value is 0.310. The Balaban J connectivity index is 0.00000220. The van der Waals surface area contributed by atoms with Crippen molar-refractivity contribution in [3.8, 4) is 0 Å². The molecule has 0 spiro atoms. The summed E-state index contributed by atoms with van der Waals surface area (Å²) in [4.78, 5) is 9.56. The minimum Gasteiger partial charge on any atom is -0.370 e. The zero-order chi connectivity index (χ0) is 14.4. The van der Waals surface area contributed by atoms with Gasteiger partial charge in [0.2, 0.25) is 0 Å². The Morgan fingerprint density at radius 2 is 1.95 bits per heavy atom. The highest BCUT2D eigenvalue weighted by Gasteiger charge is 2.23. The molecule has 1 unspecified atom stereocenters. The average Bonchev–Trinajstić information content (AvgIpc) is 2.46. The zero-order valence-corrected chi connectivity index (χ0v) is 16.6. The highest BCUT2D eigenvalue weighted by molar-refractivity contribution is 14.0. The number of guanidine groups is 1. The molecule has 2 heterocycles. The van der Waals surface area contributed by atoms with E-state index in [1.165, 1.54) is 43.9 Å². The number of halogens is 1. The molecule has 2 N–H and O–H groups in total. The molecule has 2 rings (SSSR count). The minimum absolute atomic E-state index is 0. The second-order valence-corrected chi connectivity index (χ2v) is 7.56. The maximum atomic E-state index is 6.16. The van der Waals surface area contributed by atoms with Crippen molar-refractivity contribution < 1.29 is 0 Å². The van der Waals surface area contributed by atoms with Gasteiger partial charge in [0.15, 0.2) is 5.96 Å². The Labute approximate surface area is 151 Å². The lowest BCUT2D eigenvalue weighted by Gasteiger charge is -2.36. The summed E-state index contributed by atoms with van der Waals surface area (Å²) in [5.74, 6) is 3.86. The Bertz CT molecular complexity index is 319. The fourth-order valence-electron chi connectivity index (χ4n) is 3.07. The average molecular weight is 426 g/mol. The molecule has 0 aliphatic carbocycles. The lowest BCUT2D eigenvalue weighted by molar-refractivity contribution is 0.136. The van der Waals surface area contributed by atoms with Gasteiger partial charge in [-0.1, -0.05) is 20.3 Å². The van der Waals surface area contributed by atoms with Gasteiger partial charge in [-0.2, -0.15) is 11.8 Å². The highest BCUT2D eigenvalue weighted by Crippen LogP contribution is 2.19. The van der Waals surface area contributed by atoms with Crippen molar-refractivity contribution in [2.45, 2.75) is 39.2 Å². The van der Waals surface area contributed by atoms with Crippen LogP contribution in [-0.2, 0) is 0 Å². The molecule has 124 valence electrons. The van der Waals surface area contributed by atoms with Crippen molar-refractivity contribution in [3.05, 3.63) is 0 Å². The molecule has 0 bridgehead atoms. The molecule has 2 saturated heterocycles. The Kier molecular flexibility index (Phi) is 9.36. The lowest BCUT2D eigenvalue weighted by atomic mass is 10.0. The van der Waals surface area contributed by atoms with Gasteiger partial charge in [-0.15, -0.1) is 24.0 Å². The first kappa shape index (κ1) is 19.4. The van der Waals surface area contributed by atoms with E-state index in [-0.39, 0.29) is 24.0 Å². The molecular formula is C15H31IN4S. The van der Waals surface area contributed by atoms with E-state index in [1.54, 1.807) is 0 Å². The van der Waals surface area contributed by atoms with Crippen molar-refractivity contribution in [3.63, 3.8) is 0 Å². The van der Waals surface area contributed by atoms with Crippen LogP contribution in [0.3, 0.4) is 0 Å². The third-order valence-corrected chi connectivity index (χ3v) is 5.09. The molecule has 0 radical (unpaired) electrons. The molecule has 4 nitrogen and oxygen atoms in total. The van der Waals surface area contributed by atoms with Crippen LogP contribution in [-0.4, -0.2) is 66.0 Å². The van der Waals surface area contributed by atoms with Crippen molar-refractivity contribution in [1.29, 1.82) is 0 Å². The predicted molar refractivity (Wildman–Crippen MR) is 105 cm³/mol. The summed E-state index contributed by atoms with van der Waals surface area (Å²) in [6.45, 7) is 10.0. The van der Waals surface area contributed by atoms with Gasteiger partial charge in [-0.05, 0) is 25.3 Å². The molecule has 6 heteroatoms. The monoisotopic (exact) mass is 426 g/mol. The minimum atomic E-state index is 0. The quantitative estimate of drug-likeness (QED) is 0.426. The fourth-order valence-corrected chi connectivity index (χ4v) is 3.97. The molecule has 1 atom stereocenters. The van der Waals surface area contributed by atoms with Crippen molar-refractivity contribution in [2.75, 3.05) is 44.2 Å². The predicted octanol–water partition coefficient (Wildman–Crippen LogP) is 2.48. The number of thioether (sulfide) groups is 1. The van der Waals surface area contributed by atoms with Crippen LogP contribution in [0.5, 0.6) is 0 Å². The number of hydrogen-bond acceptors (Lipinski definition) is 3. The zero-order valence-electron chi connectivity index (χ0n) is 13.5. The number of aliphatic imine (C=N–C) groups is 1. The van der Waals surface area contributed by atoms with E-state index in [0.717, 1.165) is 31.5 Å². The first-order valence-electron chi connectivity index (χ1n) is 8.03. The first-order valence-corrected chi connectivity index (χ1v) is 9.19. The van der Waals surface area contributed by atoms with Crippen LogP contribution >= 0.6 is 35.7 Å². The fraction of sp³-hybridized carbons (Fsp3) is 0.933. The molecule has 0 aromatic heterocycles. The van der Waals surface area contributed by atoms with Gasteiger partial charge in [-0.3, -0.25) is 9.89 Å². The van der Waals surface area contributed by atoms with Crippen LogP contribution in [0.4, 0.5) is 0 Å². The molecule has 2 aliphatic rings. The molecule has 2 fully saturated rings. The normalized spacial score (nSPS) is 25.0. The van der Waals surface area contributed by atoms with Crippen LogP contribution in [0.25, 0.3) is 0 Å². The SMILES string of the molecule is CC(C)CN1CCCCC1CN=C(N)N1CCSCC1.I. The van der Waals surface area contributed by atoms with Crippen molar-refractivity contribution >= 4 is 41.7 Å². The van der Waals surface area contributed by atoms with E-state index in [1.807, 2.05) is 11.8 Å². The van der Waals surface area contributed by atoms with Crippen molar-refractivity contribution in [2.24, 2.45) is 16.6 Å². The van der Waals surface area contributed by atoms with Gasteiger partial charge in [0.1, 0.15) is 0 Å². The van der Waals surface area contributed by atoms with Crippen molar-refractivity contribution in [1.82, 2.24) is 9.80 Å². The van der Waals surface area contributed by atoms with Crippen LogP contribution in [0.1, 0.15) is 33.1 Å². The van der Waals surface area contributed by atoms with Gasteiger partial charge in [0.25, 0.3) is 0 Å². The standard InChI is InChI=1S/C15H30N4S.HI/c1-13(2)12-19-6-4-3-5-14(19)11-17-15(16)18-7-9-20-10-8-18;/h13-14H,3-12H2,1-2H3,(H2,16,17);1H. The van der Waals surface area contributed by atoms with E-state index in [9.17, 15) is 0 Å².